The maximum atomic E-state index is 11.6. The molecule has 1 atom stereocenters. The SMILES string of the molecule is Cc1cscc1C(=O)NC[C@@H](C)C(=O)O. The molecule has 0 aromatic carbocycles. The van der Waals surface area contributed by atoms with Crippen molar-refractivity contribution in [3.63, 3.8) is 0 Å². The molecule has 0 aliphatic carbocycles. The third-order valence-corrected chi connectivity index (χ3v) is 2.95. The van der Waals surface area contributed by atoms with Gasteiger partial charge in [-0.2, -0.15) is 11.3 Å². The third kappa shape index (κ3) is 3.06. The van der Waals surface area contributed by atoms with Crippen molar-refractivity contribution in [1.82, 2.24) is 5.32 Å². The molecular weight excluding hydrogens is 214 g/mol. The van der Waals surface area contributed by atoms with Gasteiger partial charge < -0.3 is 10.4 Å². The van der Waals surface area contributed by atoms with E-state index in [1.54, 1.807) is 12.3 Å². The molecule has 4 nitrogen and oxygen atoms in total. The van der Waals surface area contributed by atoms with Crippen LogP contribution in [-0.2, 0) is 4.79 Å². The Hall–Kier alpha value is -1.36. The summed E-state index contributed by atoms with van der Waals surface area (Å²) in [5.74, 6) is -1.67. The van der Waals surface area contributed by atoms with Gasteiger partial charge in [0.05, 0.1) is 11.5 Å². The Kier molecular flexibility index (Phi) is 3.85. The second kappa shape index (κ2) is 4.93. The third-order valence-electron chi connectivity index (χ3n) is 2.09. The van der Waals surface area contributed by atoms with Crippen LogP contribution in [0.25, 0.3) is 0 Å². The van der Waals surface area contributed by atoms with E-state index in [1.807, 2.05) is 12.3 Å². The van der Waals surface area contributed by atoms with Gasteiger partial charge in [-0.05, 0) is 17.9 Å². The molecule has 2 N–H and O–H groups in total. The number of amides is 1. The Morgan fingerprint density at radius 3 is 2.67 bits per heavy atom. The van der Waals surface area contributed by atoms with Crippen LogP contribution in [0.15, 0.2) is 10.8 Å². The Morgan fingerprint density at radius 2 is 2.20 bits per heavy atom. The largest absolute Gasteiger partial charge is 0.481 e. The van der Waals surface area contributed by atoms with Gasteiger partial charge in [-0.3, -0.25) is 9.59 Å². The highest BCUT2D eigenvalue weighted by molar-refractivity contribution is 7.08. The van der Waals surface area contributed by atoms with E-state index in [-0.39, 0.29) is 12.5 Å². The summed E-state index contributed by atoms with van der Waals surface area (Å²) >= 11 is 1.46. The lowest BCUT2D eigenvalue weighted by atomic mass is 10.1. The lowest BCUT2D eigenvalue weighted by Crippen LogP contribution is -2.31. The molecule has 0 saturated heterocycles. The van der Waals surface area contributed by atoms with Crippen molar-refractivity contribution in [3.8, 4) is 0 Å². The first-order valence-electron chi connectivity index (χ1n) is 4.56. The van der Waals surface area contributed by atoms with E-state index < -0.39 is 11.9 Å². The van der Waals surface area contributed by atoms with E-state index in [0.29, 0.717) is 5.56 Å². The van der Waals surface area contributed by atoms with Crippen LogP contribution in [0.2, 0.25) is 0 Å². The molecular formula is C10H13NO3S. The maximum absolute atomic E-state index is 11.6. The number of nitrogens with one attached hydrogen (secondary N) is 1. The zero-order chi connectivity index (χ0) is 11.4. The normalized spacial score (nSPS) is 12.1. The maximum Gasteiger partial charge on any atom is 0.308 e. The first-order valence-corrected chi connectivity index (χ1v) is 5.50. The standard InChI is InChI=1S/C10H13NO3S/c1-6(10(13)14)3-11-9(12)8-5-15-4-7(8)2/h4-6H,3H2,1-2H3,(H,11,12)(H,13,14)/t6-/m1/s1. The average Bonchev–Trinajstić information content (AvgIpc) is 2.60. The molecule has 1 aromatic rings. The molecule has 1 aromatic heterocycles. The van der Waals surface area contributed by atoms with Gasteiger partial charge in [0, 0.05) is 11.9 Å². The Balaban J connectivity index is 2.51. The zero-order valence-electron chi connectivity index (χ0n) is 8.61. The Morgan fingerprint density at radius 1 is 1.53 bits per heavy atom. The summed E-state index contributed by atoms with van der Waals surface area (Å²) in [4.78, 5) is 22.1. The molecule has 0 saturated carbocycles. The van der Waals surface area contributed by atoms with Crippen LogP contribution in [0.4, 0.5) is 0 Å². The first kappa shape index (κ1) is 11.7. The van der Waals surface area contributed by atoms with Crippen molar-refractivity contribution >= 4 is 23.2 Å². The smallest absolute Gasteiger partial charge is 0.308 e. The van der Waals surface area contributed by atoms with Gasteiger partial charge in [-0.15, -0.1) is 0 Å². The zero-order valence-corrected chi connectivity index (χ0v) is 9.43. The molecule has 1 rings (SSSR count). The van der Waals surface area contributed by atoms with Crippen molar-refractivity contribution in [2.45, 2.75) is 13.8 Å². The van der Waals surface area contributed by atoms with Gasteiger partial charge in [-0.1, -0.05) is 6.92 Å². The molecule has 0 radical (unpaired) electrons. The summed E-state index contributed by atoms with van der Waals surface area (Å²) in [6, 6.07) is 0. The summed E-state index contributed by atoms with van der Waals surface area (Å²) in [6.07, 6.45) is 0. The average molecular weight is 227 g/mol. The summed E-state index contributed by atoms with van der Waals surface area (Å²) in [7, 11) is 0. The minimum absolute atomic E-state index is 0.156. The van der Waals surface area contributed by atoms with Crippen molar-refractivity contribution in [2.24, 2.45) is 5.92 Å². The molecule has 1 amide bonds. The number of carboxylic acid groups (broad SMARTS) is 1. The van der Waals surface area contributed by atoms with Gasteiger partial charge in [0.2, 0.25) is 0 Å². The number of aryl methyl sites for hydroxylation is 1. The first-order chi connectivity index (χ1) is 7.02. The Labute approximate surface area is 91.9 Å². The van der Waals surface area contributed by atoms with Crippen molar-refractivity contribution in [1.29, 1.82) is 0 Å². The molecule has 15 heavy (non-hydrogen) atoms. The highest BCUT2D eigenvalue weighted by atomic mass is 32.1. The van der Waals surface area contributed by atoms with E-state index in [2.05, 4.69) is 5.32 Å². The highest BCUT2D eigenvalue weighted by Gasteiger charge is 2.14. The molecule has 82 valence electrons. The number of aliphatic carboxylic acids is 1. The predicted molar refractivity (Wildman–Crippen MR) is 58.2 cm³/mol. The van der Waals surface area contributed by atoms with Gasteiger partial charge in [-0.25, -0.2) is 0 Å². The van der Waals surface area contributed by atoms with Crippen molar-refractivity contribution in [2.75, 3.05) is 6.54 Å². The second-order valence-corrected chi connectivity index (χ2v) is 4.16. The summed E-state index contributed by atoms with van der Waals surface area (Å²) in [6.45, 7) is 3.57. The summed E-state index contributed by atoms with van der Waals surface area (Å²) < 4.78 is 0. The fourth-order valence-electron chi connectivity index (χ4n) is 1.02. The number of rotatable bonds is 4. The van der Waals surface area contributed by atoms with Crippen molar-refractivity contribution < 1.29 is 14.7 Å². The number of hydrogen-bond acceptors (Lipinski definition) is 3. The topological polar surface area (TPSA) is 66.4 Å². The molecule has 1 heterocycles. The molecule has 0 unspecified atom stereocenters. The lowest BCUT2D eigenvalue weighted by molar-refractivity contribution is -0.140. The fourth-order valence-corrected chi connectivity index (χ4v) is 1.85. The highest BCUT2D eigenvalue weighted by Crippen LogP contribution is 2.13. The van der Waals surface area contributed by atoms with Crippen LogP contribution >= 0.6 is 11.3 Å². The van der Waals surface area contributed by atoms with Gasteiger partial charge in [0.1, 0.15) is 0 Å². The van der Waals surface area contributed by atoms with Crippen LogP contribution in [-0.4, -0.2) is 23.5 Å². The lowest BCUT2D eigenvalue weighted by Gasteiger charge is -2.07. The van der Waals surface area contributed by atoms with Crippen LogP contribution in [0.3, 0.4) is 0 Å². The number of hydrogen-bond donors (Lipinski definition) is 2. The van der Waals surface area contributed by atoms with E-state index in [1.165, 1.54) is 11.3 Å². The van der Waals surface area contributed by atoms with E-state index >= 15 is 0 Å². The molecule has 5 heteroatoms. The van der Waals surface area contributed by atoms with Gasteiger partial charge >= 0.3 is 5.97 Å². The number of carbonyl (C=O) groups is 2. The van der Waals surface area contributed by atoms with Crippen LogP contribution in [0, 0.1) is 12.8 Å². The number of thiophene rings is 1. The fraction of sp³-hybridized carbons (Fsp3) is 0.400. The minimum Gasteiger partial charge on any atom is -0.481 e. The summed E-state index contributed by atoms with van der Waals surface area (Å²) in [5.41, 5.74) is 1.54. The van der Waals surface area contributed by atoms with Crippen LogP contribution in [0.1, 0.15) is 22.8 Å². The van der Waals surface area contributed by atoms with Crippen LogP contribution in [0.5, 0.6) is 0 Å². The van der Waals surface area contributed by atoms with Gasteiger partial charge in [0.15, 0.2) is 0 Å². The van der Waals surface area contributed by atoms with E-state index in [4.69, 9.17) is 5.11 Å². The molecule has 0 fully saturated rings. The van der Waals surface area contributed by atoms with Crippen LogP contribution < -0.4 is 5.32 Å². The molecule has 0 spiro atoms. The Bertz CT molecular complexity index is 372. The molecule has 0 aliphatic rings. The molecule has 0 bridgehead atoms. The number of carboxylic acids is 1. The van der Waals surface area contributed by atoms with Gasteiger partial charge in [0.25, 0.3) is 5.91 Å². The number of carbonyl (C=O) groups excluding carboxylic acids is 1. The predicted octanol–water partition coefficient (Wildman–Crippen LogP) is 1.51. The monoisotopic (exact) mass is 227 g/mol. The quantitative estimate of drug-likeness (QED) is 0.819. The van der Waals surface area contributed by atoms with E-state index in [9.17, 15) is 9.59 Å². The second-order valence-electron chi connectivity index (χ2n) is 3.42. The molecule has 0 aliphatic heterocycles. The van der Waals surface area contributed by atoms with E-state index in [0.717, 1.165) is 5.56 Å². The van der Waals surface area contributed by atoms with Crippen molar-refractivity contribution in [3.05, 3.63) is 21.9 Å². The summed E-state index contributed by atoms with van der Waals surface area (Å²) in [5, 5.41) is 14.9. The minimum atomic E-state index is -0.905.